The fourth-order valence-electron chi connectivity index (χ4n) is 2.94. The van der Waals surface area contributed by atoms with Crippen molar-refractivity contribution < 1.29 is 0 Å². The SMILES string of the molecule is CCC(C)C1CCN(C2CCC2)CC1. The average Bonchev–Trinajstić information content (AvgIpc) is 2.15. The van der Waals surface area contributed by atoms with Gasteiger partial charge in [-0.2, -0.15) is 0 Å². The van der Waals surface area contributed by atoms with Gasteiger partial charge in [0.1, 0.15) is 0 Å². The second kappa shape index (κ2) is 4.65. The van der Waals surface area contributed by atoms with Crippen molar-refractivity contribution >= 4 is 0 Å². The molecule has 2 aliphatic rings. The monoisotopic (exact) mass is 195 g/mol. The van der Waals surface area contributed by atoms with E-state index in [0.29, 0.717) is 0 Å². The summed E-state index contributed by atoms with van der Waals surface area (Å²) in [5.74, 6) is 1.98. The van der Waals surface area contributed by atoms with Crippen molar-refractivity contribution in [1.82, 2.24) is 4.90 Å². The van der Waals surface area contributed by atoms with Gasteiger partial charge in [-0.05, 0) is 50.6 Å². The predicted molar refractivity (Wildman–Crippen MR) is 61.4 cm³/mol. The third-order valence-corrected chi connectivity index (χ3v) is 4.61. The van der Waals surface area contributed by atoms with Crippen molar-refractivity contribution in [1.29, 1.82) is 0 Å². The molecular weight excluding hydrogens is 170 g/mol. The number of likely N-dealkylation sites (tertiary alicyclic amines) is 1. The first-order valence-corrected chi connectivity index (χ1v) is 6.55. The van der Waals surface area contributed by atoms with E-state index in [1.807, 2.05) is 0 Å². The highest BCUT2D eigenvalue weighted by Gasteiger charge is 2.29. The van der Waals surface area contributed by atoms with Crippen LogP contribution in [0.15, 0.2) is 0 Å². The Morgan fingerprint density at radius 3 is 2.21 bits per heavy atom. The molecule has 0 radical (unpaired) electrons. The molecule has 1 heteroatoms. The number of rotatable bonds is 3. The Hall–Kier alpha value is -0.0400. The third kappa shape index (κ3) is 2.13. The van der Waals surface area contributed by atoms with Crippen LogP contribution in [0.25, 0.3) is 0 Å². The molecule has 0 aromatic carbocycles. The molecule has 82 valence electrons. The molecule has 1 aliphatic heterocycles. The summed E-state index contributed by atoms with van der Waals surface area (Å²) < 4.78 is 0. The molecule has 0 spiro atoms. The van der Waals surface area contributed by atoms with Gasteiger partial charge in [0.15, 0.2) is 0 Å². The van der Waals surface area contributed by atoms with Crippen molar-refractivity contribution in [3.8, 4) is 0 Å². The van der Waals surface area contributed by atoms with Crippen molar-refractivity contribution in [2.75, 3.05) is 13.1 Å². The zero-order valence-corrected chi connectivity index (χ0v) is 9.84. The standard InChI is InChI=1S/C13H25N/c1-3-11(2)12-7-9-14(10-8-12)13-5-4-6-13/h11-13H,3-10H2,1-2H3. The van der Waals surface area contributed by atoms with Crippen molar-refractivity contribution in [3.63, 3.8) is 0 Å². The Balaban J connectivity index is 1.74. The fraction of sp³-hybridized carbons (Fsp3) is 1.00. The van der Waals surface area contributed by atoms with Gasteiger partial charge >= 0.3 is 0 Å². The molecule has 14 heavy (non-hydrogen) atoms. The Bertz CT molecular complexity index is 153. The highest BCUT2D eigenvalue weighted by molar-refractivity contribution is 4.84. The van der Waals surface area contributed by atoms with Gasteiger partial charge in [0.2, 0.25) is 0 Å². The van der Waals surface area contributed by atoms with Crippen molar-refractivity contribution in [2.24, 2.45) is 11.8 Å². The zero-order valence-electron chi connectivity index (χ0n) is 9.84. The molecular formula is C13H25N. The summed E-state index contributed by atoms with van der Waals surface area (Å²) in [4.78, 5) is 2.75. The first-order chi connectivity index (χ1) is 6.81. The van der Waals surface area contributed by atoms with Gasteiger partial charge in [0, 0.05) is 6.04 Å². The van der Waals surface area contributed by atoms with Crippen LogP contribution in [0.3, 0.4) is 0 Å². The molecule has 1 aliphatic carbocycles. The van der Waals surface area contributed by atoms with Gasteiger partial charge in [-0.3, -0.25) is 0 Å². The van der Waals surface area contributed by atoms with E-state index in [9.17, 15) is 0 Å². The van der Waals surface area contributed by atoms with Gasteiger partial charge in [-0.15, -0.1) is 0 Å². The maximum absolute atomic E-state index is 2.75. The van der Waals surface area contributed by atoms with Crippen molar-refractivity contribution in [3.05, 3.63) is 0 Å². The van der Waals surface area contributed by atoms with E-state index in [2.05, 4.69) is 18.7 Å². The van der Waals surface area contributed by atoms with Gasteiger partial charge in [-0.25, -0.2) is 0 Å². The Labute approximate surface area is 88.9 Å². The summed E-state index contributed by atoms with van der Waals surface area (Å²) in [6.45, 7) is 7.55. The third-order valence-electron chi connectivity index (χ3n) is 4.61. The molecule has 1 saturated heterocycles. The number of hydrogen-bond acceptors (Lipinski definition) is 1. The van der Waals surface area contributed by atoms with Crippen LogP contribution in [-0.4, -0.2) is 24.0 Å². The molecule has 0 aromatic heterocycles. The Morgan fingerprint density at radius 1 is 1.14 bits per heavy atom. The summed E-state index contributed by atoms with van der Waals surface area (Å²) in [7, 11) is 0. The van der Waals surface area contributed by atoms with E-state index in [4.69, 9.17) is 0 Å². The normalized spacial score (nSPS) is 28.7. The lowest BCUT2D eigenvalue weighted by molar-refractivity contribution is 0.0710. The largest absolute Gasteiger partial charge is 0.300 e. The highest BCUT2D eigenvalue weighted by Crippen LogP contribution is 2.32. The lowest BCUT2D eigenvalue weighted by Gasteiger charge is -2.42. The number of nitrogens with zero attached hydrogens (tertiary/aromatic N) is 1. The van der Waals surface area contributed by atoms with E-state index in [-0.39, 0.29) is 0 Å². The summed E-state index contributed by atoms with van der Waals surface area (Å²) in [6, 6.07) is 0.980. The minimum atomic E-state index is 0.957. The summed E-state index contributed by atoms with van der Waals surface area (Å²) in [6.07, 6.45) is 8.74. The maximum atomic E-state index is 2.75. The van der Waals surface area contributed by atoms with Crippen LogP contribution in [0.4, 0.5) is 0 Å². The molecule has 1 heterocycles. The first kappa shape index (κ1) is 10.5. The number of hydrogen-bond donors (Lipinski definition) is 0. The second-order valence-electron chi connectivity index (χ2n) is 5.34. The summed E-state index contributed by atoms with van der Waals surface area (Å²) in [5.41, 5.74) is 0. The molecule has 2 fully saturated rings. The second-order valence-corrected chi connectivity index (χ2v) is 5.34. The van der Waals surface area contributed by atoms with E-state index >= 15 is 0 Å². The Morgan fingerprint density at radius 2 is 1.79 bits per heavy atom. The van der Waals surface area contributed by atoms with E-state index < -0.39 is 0 Å². The van der Waals surface area contributed by atoms with Gasteiger partial charge < -0.3 is 4.90 Å². The van der Waals surface area contributed by atoms with Crippen molar-refractivity contribution in [2.45, 2.75) is 58.4 Å². The Kier molecular flexibility index (Phi) is 3.48. The maximum Gasteiger partial charge on any atom is 0.00952 e. The van der Waals surface area contributed by atoms with Crippen LogP contribution in [0.1, 0.15) is 52.4 Å². The van der Waals surface area contributed by atoms with Gasteiger partial charge in [0.25, 0.3) is 0 Å². The van der Waals surface area contributed by atoms with Gasteiger partial charge in [0.05, 0.1) is 0 Å². The first-order valence-electron chi connectivity index (χ1n) is 6.55. The molecule has 2 rings (SSSR count). The quantitative estimate of drug-likeness (QED) is 0.668. The highest BCUT2D eigenvalue weighted by atomic mass is 15.2. The predicted octanol–water partition coefficient (Wildman–Crippen LogP) is 3.30. The van der Waals surface area contributed by atoms with Crippen LogP contribution < -0.4 is 0 Å². The summed E-state index contributed by atoms with van der Waals surface area (Å²) >= 11 is 0. The van der Waals surface area contributed by atoms with Crippen LogP contribution in [0.2, 0.25) is 0 Å². The lowest BCUT2D eigenvalue weighted by Crippen LogP contribution is -2.45. The summed E-state index contributed by atoms with van der Waals surface area (Å²) in [5, 5.41) is 0. The van der Waals surface area contributed by atoms with E-state index in [1.165, 1.54) is 51.6 Å². The minimum absolute atomic E-state index is 0.957. The van der Waals surface area contributed by atoms with Crippen LogP contribution >= 0.6 is 0 Å². The molecule has 0 amide bonds. The van der Waals surface area contributed by atoms with Gasteiger partial charge in [-0.1, -0.05) is 26.7 Å². The van der Waals surface area contributed by atoms with E-state index in [1.54, 1.807) is 0 Å². The smallest absolute Gasteiger partial charge is 0.00952 e. The molecule has 1 unspecified atom stereocenters. The lowest BCUT2D eigenvalue weighted by atomic mass is 9.82. The fourth-order valence-corrected chi connectivity index (χ4v) is 2.94. The topological polar surface area (TPSA) is 3.24 Å². The minimum Gasteiger partial charge on any atom is -0.300 e. The molecule has 0 aromatic rings. The molecule has 0 N–H and O–H groups in total. The molecule has 1 atom stereocenters. The van der Waals surface area contributed by atoms with Crippen LogP contribution in [0, 0.1) is 11.8 Å². The van der Waals surface area contributed by atoms with E-state index in [0.717, 1.165) is 17.9 Å². The molecule has 1 saturated carbocycles. The van der Waals surface area contributed by atoms with Crippen LogP contribution in [-0.2, 0) is 0 Å². The molecule has 0 bridgehead atoms. The average molecular weight is 195 g/mol. The van der Waals surface area contributed by atoms with Crippen LogP contribution in [0.5, 0.6) is 0 Å². The molecule has 1 nitrogen and oxygen atoms in total. The number of piperidine rings is 1. The zero-order chi connectivity index (χ0) is 9.97.